The number of methoxy groups -OCH3 is 2. The standard InChI is InChI=1S/C20H24N2O4S/c1-24-15-7-8-17(25-2)13(10-15)11-22(14-5-6-14)20(23)16-12-27-19(21-16)18-4-3-9-26-18/h7-8,10,12,14,18H,3-6,9,11H2,1-2H3. The number of thiazole rings is 1. The van der Waals surface area contributed by atoms with Crippen molar-refractivity contribution in [3.8, 4) is 11.5 Å². The third kappa shape index (κ3) is 3.94. The van der Waals surface area contributed by atoms with Crippen molar-refractivity contribution < 1.29 is 19.0 Å². The minimum Gasteiger partial charge on any atom is -0.497 e. The average Bonchev–Trinajstić information content (AvgIpc) is 3.18. The molecule has 1 aromatic heterocycles. The molecule has 1 aliphatic carbocycles. The summed E-state index contributed by atoms with van der Waals surface area (Å²) in [6.07, 6.45) is 4.14. The highest BCUT2D eigenvalue weighted by atomic mass is 32.1. The third-order valence-electron chi connectivity index (χ3n) is 5.02. The smallest absolute Gasteiger partial charge is 0.273 e. The minimum absolute atomic E-state index is 0.0251. The SMILES string of the molecule is COc1ccc(OC)c(CN(C(=O)c2csc(C3CCCO3)n2)C2CC2)c1. The summed E-state index contributed by atoms with van der Waals surface area (Å²) < 4.78 is 16.5. The molecular weight excluding hydrogens is 364 g/mol. The molecule has 2 fully saturated rings. The van der Waals surface area contributed by atoms with Crippen LogP contribution in [0.3, 0.4) is 0 Å². The van der Waals surface area contributed by atoms with Crippen LogP contribution in [0.25, 0.3) is 0 Å². The first-order valence-electron chi connectivity index (χ1n) is 9.28. The zero-order valence-electron chi connectivity index (χ0n) is 15.6. The number of carbonyl (C=O) groups is 1. The largest absolute Gasteiger partial charge is 0.497 e. The number of nitrogens with zero attached hydrogens (tertiary/aromatic N) is 2. The van der Waals surface area contributed by atoms with Crippen LogP contribution < -0.4 is 9.47 Å². The Morgan fingerprint density at radius 3 is 2.81 bits per heavy atom. The van der Waals surface area contributed by atoms with Crippen LogP contribution in [0.5, 0.6) is 11.5 Å². The van der Waals surface area contributed by atoms with Gasteiger partial charge < -0.3 is 19.1 Å². The lowest BCUT2D eigenvalue weighted by atomic mass is 10.1. The lowest BCUT2D eigenvalue weighted by molar-refractivity contribution is 0.0721. The fraction of sp³-hybridized carbons (Fsp3) is 0.500. The predicted molar refractivity (Wildman–Crippen MR) is 102 cm³/mol. The van der Waals surface area contributed by atoms with E-state index in [0.29, 0.717) is 12.2 Å². The number of amides is 1. The van der Waals surface area contributed by atoms with Crippen molar-refractivity contribution in [2.75, 3.05) is 20.8 Å². The second-order valence-corrected chi connectivity index (χ2v) is 7.80. The van der Waals surface area contributed by atoms with Gasteiger partial charge in [-0.05, 0) is 43.9 Å². The number of carbonyl (C=O) groups excluding carboxylic acids is 1. The summed E-state index contributed by atoms with van der Waals surface area (Å²) in [5.74, 6) is 1.48. The highest BCUT2D eigenvalue weighted by molar-refractivity contribution is 7.09. The number of hydrogen-bond acceptors (Lipinski definition) is 6. The molecule has 1 atom stereocenters. The van der Waals surface area contributed by atoms with Crippen molar-refractivity contribution in [1.82, 2.24) is 9.88 Å². The van der Waals surface area contributed by atoms with Gasteiger partial charge in [-0.3, -0.25) is 4.79 Å². The van der Waals surface area contributed by atoms with Gasteiger partial charge in [0, 0.05) is 23.6 Å². The van der Waals surface area contributed by atoms with E-state index >= 15 is 0 Å². The van der Waals surface area contributed by atoms with Crippen LogP contribution in [0, 0.1) is 0 Å². The number of ether oxygens (including phenoxy) is 3. The summed E-state index contributed by atoms with van der Waals surface area (Å²) in [7, 11) is 3.28. The summed E-state index contributed by atoms with van der Waals surface area (Å²) >= 11 is 1.52. The summed E-state index contributed by atoms with van der Waals surface area (Å²) in [5, 5.41) is 2.77. The monoisotopic (exact) mass is 388 g/mol. The second-order valence-electron chi connectivity index (χ2n) is 6.91. The van der Waals surface area contributed by atoms with Gasteiger partial charge in [-0.2, -0.15) is 0 Å². The zero-order valence-corrected chi connectivity index (χ0v) is 16.5. The highest BCUT2D eigenvalue weighted by Gasteiger charge is 2.35. The minimum atomic E-state index is -0.0251. The molecule has 0 spiro atoms. The van der Waals surface area contributed by atoms with Crippen LogP contribution in [-0.4, -0.2) is 42.7 Å². The second kappa shape index (κ2) is 7.86. The molecule has 4 rings (SSSR count). The lowest BCUT2D eigenvalue weighted by Crippen LogP contribution is -2.33. The molecule has 7 heteroatoms. The molecule has 1 aromatic carbocycles. The van der Waals surface area contributed by atoms with Gasteiger partial charge >= 0.3 is 0 Å². The van der Waals surface area contributed by atoms with Crippen molar-refractivity contribution in [1.29, 1.82) is 0 Å². The van der Waals surface area contributed by atoms with Gasteiger partial charge in [0.1, 0.15) is 28.3 Å². The quantitative estimate of drug-likeness (QED) is 0.722. The van der Waals surface area contributed by atoms with Crippen LogP contribution in [0.4, 0.5) is 0 Å². The van der Waals surface area contributed by atoms with Crippen molar-refractivity contribution >= 4 is 17.2 Å². The maximum Gasteiger partial charge on any atom is 0.273 e. The fourth-order valence-corrected chi connectivity index (χ4v) is 4.27. The van der Waals surface area contributed by atoms with Crippen LogP contribution in [0.2, 0.25) is 0 Å². The molecule has 1 saturated carbocycles. The molecule has 6 nitrogen and oxygen atoms in total. The van der Waals surface area contributed by atoms with Gasteiger partial charge in [0.2, 0.25) is 0 Å². The van der Waals surface area contributed by atoms with Crippen LogP contribution in [0.1, 0.15) is 52.8 Å². The van der Waals surface area contributed by atoms with Crippen LogP contribution >= 0.6 is 11.3 Å². The Kier molecular flexibility index (Phi) is 5.31. The summed E-state index contributed by atoms with van der Waals surface area (Å²) in [6.45, 7) is 1.26. The van der Waals surface area contributed by atoms with E-state index in [1.54, 1.807) is 14.2 Å². The summed E-state index contributed by atoms with van der Waals surface area (Å²) in [6, 6.07) is 5.93. The van der Waals surface area contributed by atoms with E-state index in [1.165, 1.54) is 11.3 Å². The van der Waals surface area contributed by atoms with Crippen molar-refractivity contribution in [3.63, 3.8) is 0 Å². The van der Waals surface area contributed by atoms with E-state index in [2.05, 4.69) is 4.98 Å². The molecule has 1 amide bonds. The van der Waals surface area contributed by atoms with E-state index < -0.39 is 0 Å². The fourth-order valence-electron chi connectivity index (χ4n) is 3.40. The number of benzene rings is 1. The molecule has 1 saturated heterocycles. The maximum atomic E-state index is 13.2. The van der Waals surface area contributed by atoms with Gasteiger partial charge in [-0.1, -0.05) is 0 Å². The normalized spacial score (nSPS) is 19.1. The summed E-state index contributed by atoms with van der Waals surface area (Å²) in [4.78, 5) is 19.7. The first-order chi connectivity index (χ1) is 13.2. The van der Waals surface area contributed by atoms with E-state index in [9.17, 15) is 4.79 Å². The third-order valence-corrected chi connectivity index (χ3v) is 5.96. The molecule has 0 radical (unpaired) electrons. The molecular formula is C20H24N2O4S. The van der Waals surface area contributed by atoms with Crippen LogP contribution in [-0.2, 0) is 11.3 Å². The van der Waals surface area contributed by atoms with Gasteiger partial charge in [0.15, 0.2) is 0 Å². The molecule has 0 N–H and O–H groups in total. The Morgan fingerprint density at radius 2 is 2.15 bits per heavy atom. The van der Waals surface area contributed by atoms with E-state index in [1.807, 2.05) is 28.5 Å². The van der Waals surface area contributed by atoms with Crippen molar-refractivity contribution in [2.45, 2.75) is 44.4 Å². The average molecular weight is 388 g/mol. The molecule has 1 unspecified atom stereocenters. The van der Waals surface area contributed by atoms with E-state index in [4.69, 9.17) is 14.2 Å². The first-order valence-corrected chi connectivity index (χ1v) is 10.2. The van der Waals surface area contributed by atoms with E-state index in [0.717, 1.165) is 54.4 Å². The maximum absolute atomic E-state index is 13.2. The molecule has 0 bridgehead atoms. The molecule has 144 valence electrons. The predicted octanol–water partition coefficient (Wildman–Crippen LogP) is 3.82. The Labute approximate surface area is 163 Å². The molecule has 1 aliphatic heterocycles. The van der Waals surface area contributed by atoms with Gasteiger partial charge in [0.05, 0.1) is 20.8 Å². The molecule has 27 heavy (non-hydrogen) atoms. The van der Waals surface area contributed by atoms with Crippen molar-refractivity contribution in [3.05, 3.63) is 39.8 Å². The Morgan fingerprint density at radius 1 is 1.30 bits per heavy atom. The number of aromatic nitrogens is 1. The Hall–Kier alpha value is -2.12. The van der Waals surface area contributed by atoms with Crippen molar-refractivity contribution in [2.24, 2.45) is 0 Å². The topological polar surface area (TPSA) is 60.9 Å². The summed E-state index contributed by atoms with van der Waals surface area (Å²) in [5.41, 5.74) is 1.45. The molecule has 2 aromatic rings. The Bertz CT molecular complexity index is 812. The Balaban J connectivity index is 1.55. The molecule has 2 heterocycles. The van der Waals surface area contributed by atoms with Crippen LogP contribution in [0.15, 0.2) is 23.6 Å². The van der Waals surface area contributed by atoms with Gasteiger partial charge in [-0.25, -0.2) is 4.98 Å². The first kappa shape index (κ1) is 18.3. The zero-order chi connectivity index (χ0) is 18.8. The van der Waals surface area contributed by atoms with Gasteiger partial charge in [0.25, 0.3) is 5.91 Å². The molecule has 2 aliphatic rings. The highest BCUT2D eigenvalue weighted by Crippen LogP contribution is 2.35. The number of hydrogen-bond donors (Lipinski definition) is 0. The van der Waals surface area contributed by atoms with E-state index in [-0.39, 0.29) is 18.1 Å². The number of rotatable bonds is 7. The lowest BCUT2D eigenvalue weighted by Gasteiger charge is -2.23. The van der Waals surface area contributed by atoms with Gasteiger partial charge in [-0.15, -0.1) is 11.3 Å².